The van der Waals surface area contributed by atoms with E-state index >= 15 is 0 Å². The number of aliphatic hydroxyl groups is 3. The van der Waals surface area contributed by atoms with Crippen LogP contribution in [0.5, 0.6) is 0 Å². The molecule has 1 aromatic carbocycles. The molecule has 1 saturated heterocycles. The van der Waals surface area contributed by atoms with Gasteiger partial charge in [-0.05, 0) is 30.9 Å². The molecule has 37 heavy (non-hydrogen) atoms. The normalized spacial score (nSPS) is 23.0. The predicted molar refractivity (Wildman–Crippen MR) is 139 cm³/mol. The maximum absolute atomic E-state index is 10.4. The van der Waals surface area contributed by atoms with E-state index in [1.54, 1.807) is 22.2 Å². The van der Waals surface area contributed by atoms with Crippen LogP contribution in [-0.2, 0) is 17.6 Å². The minimum absolute atomic E-state index is 0.385. The lowest BCUT2D eigenvalue weighted by Gasteiger charge is -2.17. The summed E-state index contributed by atoms with van der Waals surface area (Å²) in [5, 5.41) is 36.8. The second-order valence-corrected chi connectivity index (χ2v) is 11.3. The molecule has 0 unspecified atom stereocenters. The Morgan fingerprint density at radius 2 is 2.00 bits per heavy atom. The summed E-state index contributed by atoms with van der Waals surface area (Å²) in [5.74, 6) is 1.31. The molecule has 0 bridgehead atoms. The molecular weight excluding hydrogens is 512 g/mol. The lowest BCUT2D eigenvalue weighted by atomic mass is 9.89. The van der Waals surface area contributed by atoms with Crippen molar-refractivity contribution in [2.45, 2.75) is 48.5 Å². The van der Waals surface area contributed by atoms with Crippen LogP contribution in [0, 0.1) is 6.92 Å². The quantitative estimate of drug-likeness (QED) is 0.295. The highest BCUT2D eigenvalue weighted by atomic mass is 32.2. The number of aryl methyl sites for hydroxylation is 3. The SMILES string of the molecule is Cc1nc(-n2ncc3c(S[C@@H]4O[C@H](CO)[C@@H](O)[C@H]4O)ncnc32)c2c3c(sc2n1)CCc1ccccc1-3. The molecule has 0 radical (unpaired) electrons. The summed E-state index contributed by atoms with van der Waals surface area (Å²) in [5.41, 5.74) is 3.45. The van der Waals surface area contributed by atoms with Crippen molar-refractivity contribution >= 4 is 44.3 Å². The van der Waals surface area contributed by atoms with E-state index in [9.17, 15) is 15.3 Å². The fraction of sp³-hybridized carbons (Fsp3) is 0.320. The maximum Gasteiger partial charge on any atom is 0.169 e. The molecule has 2 aliphatic rings. The van der Waals surface area contributed by atoms with Gasteiger partial charge in [-0.1, -0.05) is 36.0 Å². The summed E-state index contributed by atoms with van der Waals surface area (Å²) in [4.78, 5) is 20.7. The van der Waals surface area contributed by atoms with Gasteiger partial charge in [0.2, 0.25) is 0 Å². The smallest absolute Gasteiger partial charge is 0.169 e. The van der Waals surface area contributed by atoms with Gasteiger partial charge in [-0.3, -0.25) is 0 Å². The third kappa shape index (κ3) is 3.59. The van der Waals surface area contributed by atoms with Crippen LogP contribution in [0.4, 0.5) is 0 Å². The first-order valence-electron chi connectivity index (χ1n) is 11.9. The first-order valence-corrected chi connectivity index (χ1v) is 13.6. The van der Waals surface area contributed by atoms with E-state index in [2.05, 4.69) is 39.3 Å². The molecule has 12 heteroatoms. The average molecular weight is 535 g/mol. The molecule has 1 aliphatic carbocycles. The first-order chi connectivity index (χ1) is 18.0. The maximum atomic E-state index is 10.4. The Labute approximate surface area is 219 Å². The molecule has 3 N–H and O–H groups in total. The van der Waals surface area contributed by atoms with Crippen molar-refractivity contribution in [3.63, 3.8) is 0 Å². The number of hydrogen-bond donors (Lipinski definition) is 3. The average Bonchev–Trinajstić information content (AvgIpc) is 3.58. The molecule has 0 amide bonds. The Morgan fingerprint density at radius 1 is 1.14 bits per heavy atom. The lowest BCUT2D eigenvalue weighted by Crippen LogP contribution is -2.33. The fourth-order valence-corrected chi connectivity index (χ4v) is 7.44. The molecule has 10 nitrogen and oxygen atoms in total. The van der Waals surface area contributed by atoms with Crippen molar-refractivity contribution in [2.24, 2.45) is 0 Å². The number of rotatable bonds is 4. The van der Waals surface area contributed by atoms with Crippen LogP contribution in [-0.4, -0.2) is 75.4 Å². The zero-order valence-electron chi connectivity index (χ0n) is 19.6. The zero-order valence-corrected chi connectivity index (χ0v) is 21.3. The van der Waals surface area contributed by atoms with Gasteiger partial charge in [-0.2, -0.15) is 9.78 Å². The molecule has 0 saturated carbocycles. The van der Waals surface area contributed by atoms with Crippen LogP contribution >= 0.6 is 23.1 Å². The molecular formula is C25H22N6O4S2. The van der Waals surface area contributed by atoms with Crippen LogP contribution in [0.2, 0.25) is 0 Å². The summed E-state index contributed by atoms with van der Waals surface area (Å²) >= 11 is 2.87. The largest absolute Gasteiger partial charge is 0.394 e. The molecule has 5 heterocycles. The predicted octanol–water partition coefficient (Wildman–Crippen LogP) is 2.43. The number of fused-ring (bicyclic) bond motifs is 6. The van der Waals surface area contributed by atoms with Gasteiger partial charge in [-0.15, -0.1) is 11.3 Å². The topological polar surface area (TPSA) is 139 Å². The Hall–Kier alpha value is -3.00. The third-order valence-electron chi connectivity index (χ3n) is 6.88. The van der Waals surface area contributed by atoms with Gasteiger partial charge in [-0.25, -0.2) is 19.9 Å². The monoisotopic (exact) mass is 534 g/mol. The number of aromatic nitrogens is 6. The highest BCUT2D eigenvalue weighted by Gasteiger charge is 2.43. The number of benzene rings is 1. The Kier molecular flexibility index (Phi) is 5.50. The fourth-order valence-electron chi connectivity index (χ4n) is 5.12. The summed E-state index contributed by atoms with van der Waals surface area (Å²) < 4.78 is 7.37. The van der Waals surface area contributed by atoms with E-state index in [1.807, 2.05) is 6.92 Å². The number of nitrogens with zero attached hydrogens (tertiary/aromatic N) is 6. The number of thiophene rings is 1. The van der Waals surface area contributed by atoms with E-state index in [0.29, 0.717) is 27.7 Å². The Bertz CT molecular complexity index is 1670. The van der Waals surface area contributed by atoms with Gasteiger partial charge in [0.25, 0.3) is 0 Å². The molecule has 188 valence electrons. The van der Waals surface area contributed by atoms with Gasteiger partial charge in [0, 0.05) is 10.4 Å². The van der Waals surface area contributed by atoms with Gasteiger partial charge in [0.1, 0.15) is 45.8 Å². The van der Waals surface area contributed by atoms with E-state index in [0.717, 1.165) is 40.4 Å². The van der Waals surface area contributed by atoms with Crippen molar-refractivity contribution < 1.29 is 20.1 Å². The van der Waals surface area contributed by atoms with Gasteiger partial charge in [0.15, 0.2) is 11.5 Å². The number of ether oxygens (including phenoxy) is 1. The second kappa shape index (κ2) is 8.79. The summed E-state index contributed by atoms with van der Waals surface area (Å²) in [6.45, 7) is 1.49. The highest BCUT2D eigenvalue weighted by molar-refractivity contribution is 8.00. The highest BCUT2D eigenvalue weighted by Crippen LogP contribution is 2.45. The lowest BCUT2D eigenvalue weighted by molar-refractivity contribution is -0.00809. The summed E-state index contributed by atoms with van der Waals surface area (Å²) in [7, 11) is 0. The minimum Gasteiger partial charge on any atom is -0.394 e. The Morgan fingerprint density at radius 3 is 2.84 bits per heavy atom. The third-order valence-corrected chi connectivity index (χ3v) is 9.20. The second-order valence-electron chi connectivity index (χ2n) is 9.13. The van der Waals surface area contributed by atoms with Crippen LogP contribution in [0.15, 0.2) is 41.8 Å². The molecule has 4 atom stereocenters. The summed E-state index contributed by atoms with van der Waals surface area (Å²) in [6, 6.07) is 8.46. The first kappa shape index (κ1) is 23.1. The van der Waals surface area contributed by atoms with Crippen molar-refractivity contribution in [3.8, 4) is 16.9 Å². The van der Waals surface area contributed by atoms with Crippen molar-refractivity contribution in [1.82, 2.24) is 29.7 Å². The number of hydrogen-bond acceptors (Lipinski definition) is 11. The van der Waals surface area contributed by atoms with Crippen LogP contribution in [0.1, 0.15) is 16.3 Å². The molecule has 4 aromatic heterocycles. The van der Waals surface area contributed by atoms with E-state index in [1.165, 1.54) is 22.3 Å². The van der Waals surface area contributed by atoms with Gasteiger partial charge < -0.3 is 20.1 Å². The van der Waals surface area contributed by atoms with E-state index in [-0.39, 0.29) is 6.61 Å². The molecule has 1 aliphatic heterocycles. The standard InChI is InChI=1S/C25H22N6O4S2/c1-11-29-22(18-17-13-5-3-2-4-12(13)6-7-16(17)36-24(18)30-11)31-21-14(8-28-31)23(27-10-26-21)37-25-20(34)19(33)15(9-32)35-25/h2-5,8,10,15,19-20,25,32-34H,6-7,9H2,1H3/t15-,19-,20-,25+/m1/s1. The Balaban J connectivity index is 1.37. The molecule has 7 rings (SSSR count). The molecule has 5 aromatic rings. The zero-order chi connectivity index (χ0) is 25.3. The minimum atomic E-state index is -1.17. The van der Waals surface area contributed by atoms with Crippen molar-refractivity contribution in [1.29, 1.82) is 0 Å². The number of aliphatic hydroxyl groups excluding tert-OH is 3. The molecule has 0 spiro atoms. The van der Waals surface area contributed by atoms with Gasteiger partial charge >= 0.3 is 0 Å². The van der Waals surface area contributed by atoms with E-state index < -0.39 is 23.7 Å². The summed E-state index contributed by atoms with van der Waals surface area (Å²) in [6.07, 6.45) is 1.88. The van der Waals surface area contributed by atoms with Crippen LogP contribution in [0.3, 0.4) is 0 Å². The van der Waals surface area contributed by atoms with Crippen molar-refractivity contribution in [2.75, 3.05) is 6.61 Å². The molecule has 1 fully saturated rings. The van der Waals surface area contributed by atoms with E-state index in [4.69, 9.17) is 14.7 Å². The van der Waals surface area contributed by atoms with Crippen LogP contribution < -0.4 is 0 Å². The van der Waals surface area contributed by atoms with Crippen molar-refractivity contribution in [3.05, 3.63) is 53.1 Å². The number of thioether (sulfide) groups is 1. The van der Waals surface area contributed by atoms with Gasteiger partial charge in [0.05, 0.1) is 23.6 Å². The van der Waals surface area contributed by atoms with Crippen LogP contribution in [0.25, 0.3) is 38.2 Å².